The van der Waals surface area contributed by atoms with E-state index in [4.69, 9.17) is 13.9 Å². The third-order valence-electron chi connectivity index (χ3n) is 3.71. The van der Waals surface area contributed by atoms with Gasteiger partial charge in [-0.2, -0.15) is 5.10 Å². The van der Waals surface area contributed by atoms with Crippen LogP contribution >= 0.6 is 0 Å². The van der Waals surface area contributed by atoms with Crippen LogP contribution in [0.1, 0.15) is 0 Å². The van der Waals surface area contributed by atoms with Gasteiger partial charge in [-0.25, -0.2) is 4.68 Å². The fourth-order valence-electron chi connectivity index (χ4n) is 2.40. The van der Waals surface area contributed by atoms with Crippen LogP contribution in [0.5, 0.6) is 11.5 Å². The molecule has 0 aliphatic heterocycles. The topological polar surface area (TPSA) is 95.6 Å². The van der Waals surface area contributed by atoms with E-state index in [1.807, 2.05) is 6.07 Å². The van der Waals surface area contributed by atoms with Gasteiger partial charge in [-0.3, -0.25) is 9.59 Å². The van der Waals surface area contributed by atoms with E-state index in [1.54, 1.807) is 36.4 Å². The standard InChI is InChI=1S/C19H19N3O5/c1-25-16-5-2-3-6-17(16)27-13-18(23)20-10-11-22-19(24)9-8-14(21-22)15-7-4-12-26-15/h2-9,12H,10-11,13H2,1H3,(H,20,23). The molecule has 3 aromatic rings. The predicted octanol–water partition coefficient (Wildman–Crippen LogP) is 1.71. The van der Waals surface area contributed by atoms with Crippen LogP contribution in [-0.4, -0.2) is 35.9 Å². The van der Waals surface area contributed by atoms with E-state index in [2.05, 4.69) is 10.4 Å². The Morgan fingerprint density at radius 3 is 2.70 bits per heavy atom. The molecule has 0 radical (unpaired) electrons. The fourth-order valence-corrected chi connectivity index (χ4v) is 2.40. The first kappa shape index (κ1) is 18.2. The highest BCUT2D eigenvalue weighted by Crippen LogP contribution is 2.25. The van der Waals surface area contributed by atoms with Crippen molar-refractivity contribution in [3.05, 3.63) is 65.1 Å². The predicted molar refractivity (Wildman–Crippen MR) is 97.7 cm³/mol. The zero-order valence-corrected chi connectivity index (χ0v) is 14.8. The molecule has 1 aromatic carbocycles. The molecule has 0 bridgehead atoms. The third kappa shape index (κ3) is 4.75. The van der Waals surface area contributed by atoms with Crippen LogP contribution in [0.15, 0.2) is 64.0 Å². The van der Waals surface area contributed by atoms with E-state index < -0.39 is 0 Å². The van der Waals surface area contributed by atoms with Gasteiger partial charge in [0.05, 0.1) is 19.9 Å². The normalized spacial score (nSPS) is 10.4. The van der Waals surface area contributed by atoms with Crippen LogP contribution in [0.3, 0.4) is 0 Å². The Labute approximate surface area is 155 Å². The maximum Gasteiger partial charge on any atom is 0.266 e. The molecular formula is C19H19N3O5. The van der Waals surface area contributed by atoms with Crippen molar-refractivity contribution >= 4 is 5.91 Å². The minimum Gasteiger partial charge on any atom is -0.493 e. The Bertz CT molecular complexity index is 950. The highest BCUT2D eigenvalue weighted by Gasteiger charge is 2.08. The molecule has 1 N–H and O–H groups in total. The minimum atomic E-state index is -0.309. The van der Waals surface area contributed by atoms with Gasteiger partial charge in [0.15, 0.2) is 23.9 Å². The van der Waals surface area contributed by atoms with Gasteiger partial charge in [0.2, 0.25) is 0 Å². The number of benzene rings is 1. The first-order chi connectivity index (χ1) is 13.2. The number of rotatable bonds is 8. The van der Waals surface area contributed by atoms with E-state index >= 15 is 0 Å². The lowest BCUT2D eigenvalue weighted by atomic mass is 10.3. The lowest BCUT2D eigenvalue weighted by molar-refractivity contribution is -0.123. The van der Waals surface area contributed by atoms with E-state index in [-0.39, 0.29) is 31.2 Å². The summed E-state index contributed by atoms with van der Waals surface area (Å²) in [5.74, 6) is 1.30. The Balaban J connectivity index is 1.51. The molecule has 0 fully saturated rings. The maximum atomic E-state index is 11.9. The molecule has 8 nitrogen and oxygen atoms in total. The van der Waals surface area contributed by atoms with Gasteiger partial charge >= 0.3 is 0 Å². The number of nitrogens with one attached hydrogen (secondary N) is 1. The molecule has 3 rings (SSSR count). The molecule has 0 unspecified atom stereocenters. The van der Waals surface area contributed by atoms with Crippen molar-refractivity contribution in [2.75, 3.05) is 20.3 Å². The molecule has 2 heterocycles. The van der Waals surface area contributed by atoms with Crippen LogP contribution < -0.4 is 20.3 Å². The number of para-hydroxylation sites is 2. The van der Waals surface area contributed by atoms with Crippen molar-refractivity contribution in [1.82, 2.24) is 15.1 Å². The number of carbonyl (C=O) groups is 1. The molecule has 140 valence electrons. The molecular weight excluding hydrogens is 350 g/mol. The number of ether oxygens (including phenoxy) is 2. The summed E-state index contributed by atoms with van der Waals surface area (Å²) < 4.78 is 17.2. The average molecular weight is 369 g/mol. The highest BCUT2D eigenvalue weighted by atomic mass is 16.5. The van der Waals surface area contributed by atoms with Gasteiger partial charge in [0.1, 0.15) is 5.69 Å². The van der Waals surface area contributed by atoms with Crippen LogP contribution in [0.25, 0.3) is 11.5 Å². The Morgan fingerprint density at radius 1 is 1.15 bits per heavy atom. The zero-order valence-electron chi connectivity index (χ0n) is 14.8. The fraction of sp³-hybridized carbons (Fsp3) is 0.211. The van der Waals surface area contributed by atoms with Gasteiger partial charge in [-0.15, -0.1) is 0 Å². The summed E-state index contributed by atoms with van der Waals surface area (Å²) in [6, 6.07) is 13.6. The molecule has 1 amide bonds. The number of hydrogen-bond donors (Lipinski definition) is 1. The molecule has 0 saturated heterocycles. The van der Waals surface area contributed by atoms with Crippen molar-refractivity contribution in [2.24, 2.45) is 0 Å². The summed E-state index contributed by atoms with van der Waals surface area (Å²) in [7, 11) is 1.53. The van der Waals surface area contributed by atoms with Crippen LogP contribution in [-0.2, 0) is 11.3 Å². The second-order valence-corrected chi connectivity index (χ2v) is 5.55. The molecule has 27 heavy (non-hydrogen) atoms. The molecule has 8 heteroatoms. The molecule has 0 atom stereocenters. The summed E-state index contributed by atoms with van der Waals surface area (Å²) in [6.07, 6.45) is 1.54. The number of nitrogens with zero attached hydrogens (tertiary/aromatic N) is 2. The second kappa shape index (κ2) is 8.70. The second-order valence-electron chi connectivity index (χ2n) is 5.55. The maximum absolute atomic E-state index is 11.9. The van der Waals surface area contributed by atoms with E-state index in [9.17, 15) is 9.59 Å². The average Bonchev–Trinajstić information content (AvgIpc) is 3.23. The van der Waals surface area contributed by atoms with Crippen LogP contribution in [0.4, 0.5) is 0 Å². The van der Waals surface area contributed by atoms with Gasteiger partial charge in [-0.05, 0) is 30.3 Å². The first-order valence-electron chi connectivity index (χ1n) is 8.32. The summed E-state index contributed by atoms with van der Waals surface area (Å²) >= 11 is 0. The Morgan fingerprint density at radius 2 is 1.96 bits per heavy atom. The summed E-state index contributed by atoms with van der Waals surface area (Å²) in [6.45, 7) is 0.311. The molecule has 0 saturated carbocycles. The quantitative estimate of drug-likeness (QED) is 0.649. The SMILES string of the molecule is COc1ccccc1OCC(=O)NCCn1nc(-c2ccco2)ccc1=O. The number of methoxy groups -OCH3 is 1. The highest BCUT2D eigenvalue weighted by molar-refractivity contribution is 5.77. The van der Waals surface area contributed by atoms with E-state index in [0.29, 0.717) is 23.0 Å². The van der Waals surface area contributed by atoms with E-state index in [0.717, 1.165) is 0 Å². The first-order valence-corrected chi connectivity index (χ1v) is 8.32. The number of hydrogen-bond acceptors (Lipinski definition) is 6. The van der Waals surface area contributed by atoms with Crippen molar-refractivity contribution in [2.45, 2.75) is 6.54 Å². The summed E-state index contributed by atoms with van der Waals surface area (Å²) in [4.78, 5) is 23.9. The van der Waals surface area contributed by atoms with Crippen molar-refractivity contribution < 1.29 is 18.7 Å². The minimum absolute atomic E-state index is 0.158. The summed E-state index contributed by atoms with van der Waals surface area (Å²) in [5.41, 5.74) is 0.287. The van der Waals surface area contributed by atoms with Gasteiger partial charge in [0, 0.05) is 12.6 Å². The smallest absolute Gasteiger partial charge is 0.266 e. The van der Waals surface area contributed by atoms with Crippen molar-refractivity contribution in [1.29, 1.82) is 0 Å². The molecule has 2 aromatic heterocycles. The number of furan rings is 1. The van der Waals surface area contributed by atoms with E-state index in [1.165, 1.54) is 24.1 Å². The largest absolute Gasteiger partial charge is 0.493 e. The van der Waals surface area contributed by atoms with Crippen molar-refractivity contribution in [3.8, 4) is 23.0 Å². The zero-order chi connectivity index (χ0) is 19.1. The van der Waals surface area contributed by atoms with Crippen molar-refractivity contribution in [3.63, 3.8) is 0 Å². The Kier molecular flexibility index (Phi) is 5.88. The van der Waals surface area contributed by atoms with Crippen LogP contribution in [0, 0.1) is 0 Å². The van der Waals surface area contributed by atoms with Gasteiger partial charge in [-0.1, -0.05) is 12.1 Å². The number of carbonyl (C=O) groups excluding carboxylic acids is 1. The number of aromatic nitrogens is 2. The lowest BCUT2D eigenvalue weighted by Gasteiger charge is -2.11. The number of amides is 1. The molecule has 0 aliphatic rings. The monoisotopic (exact) mass is 369 g/mol. The molecule has 0 spiro atoms. The molecule has 0 aliphatic carbocycles. The third-order valence-corrected chi connectivity index (χ3v) is 3.71. The van der Waals surface area contributed by atoms with Crippen LogP contribution in [0.2, 0.25) is 0 Å². The van der Waals surface area contributed by atoms with Gasteiger partial charge < -0.3 is 19.2 Å². The summed E-state index contributed by atoms with van der Waals surface area (Å²) in [5, 5.41) is 6.93. The Hall–Kier alpha value is -3.55. The van der Waals surface area contributed by atoms with Gasteiger partial charge in [0.25, 0.3) is 11.5 Å². The lowest BCUT2D eigenvalue weighted by Crippen LogP contribution is -2.34.